The smallest absolute Gasteiger partial charge is 0.241 e. The molecule has 0 aliphatic heterocycles. The van der Waals surface area contributed by atoms with Gasteiger partial charge in [-0.2, -0.15) is 0 Å². The molecular formula is C19H22FN3O2. The number of carbonyl (C=O) groups excluding carboxylic acids is 2. The molecule has 2 aromatic rings. The Balaban J connectivity index is 1.89. The van der Waals surface area contributed by atoms with Gasteiger partial charge in [0.2, 0.25) is 11.8 Å². The van der Waals surface area contributed by atoms with Crippen LogP contribution in [0.2, 0.25) is 0 Å². The number of benzene rings is 2. The molecule has 2 amide bonds. The van der Waals surface area contributed by atoms with E-state index < -0.39 is 11.9 Å². The molecular weight excluding hydrogens is 321 g/mol. The molecule has 2 N–H and O–H groups in total. The average molecular weight is 343 g/mol. The third-order valence-electron chi connectivity index (χ3n) is 3.90. The minimum Gasteiger partial charge on any atom is -0.325 e. The Hall–Kier alpha value is -2.73. The van der Waals surface area contributed by atoms with Crippen LogP contribution in [0.25, 0.3) is 0 Å². The molecule has 0 aliphatic rings. The maximum Gasteiger partial charge on any atom is 0.241 e. The van der Waals surface area contributed by atoms with Gasteiger partial charge >= 0.3 is 0 Å². The predicted octanol–water partition coefficient (Wildman–Crippen LogP) is 3.03. The van der Waals surface area contributed by atoms with E-state index in [1.165, 1.54) is 12.1 Å². The lowest BCUT2D eigenvalue weighted by molar-refractivity contribution is -0.122. The molecule has 0 radical (unpaired) electrons. The molecule has 0 unspecified atom stereocenters. The van der Waals surface area contributed by atoms with E-state index in [2.05, 4.69) is 10.6 Å². The highest BCUT2D eigenvalue weighted by Gasteiger charge is 2.21. The van der Waals surface area contributed by atoms with Crippen molar-refractivity contribution in [1.29, 1.82) is 0 Å². The summed E-state index contributed by atoms with van der Waals surface area (Å²) in [6.07, 6.45) is 0. The number of likely N-dealkylation sites (N-methyl/N-ethyl adjacent to an activating group) is 1. The summed E-state index contributed by atoms with van der Waals surface area (Å²) in [6.45, 7) is 3.67. The molecule has 0 saturated heterocycles. The maximum absolute atomic E-state index is 13.6. The Morgan fingerprint density at radius 3 is 2.36 bits per heavy atom. The zero-order valence-corrected chi connectivity index (χ0v) is 14.5. The van der Waals surface area contributed by atoms with E-state index in [1.54, 1.807) is 31.0 Å². The quantitative estimate of drug-likeness (QED) is 0.847. The fourth-order valence-corrected chi connectivity index (χ4v) is 2.20. The molecule has 0 spiro atoms. The Morgan fingerprint density at radius 2 is 1.72 bits per heavy atom. The summed E-state index contributed by atoms with van der Waals surface area (Å²) in [5.41, 5.74) is 1.93. The first-order valence-electron chi connectivity index (χ1n) is 7.99. The molecule has 0 fully saturated rings. The van der Waals surface area contributed by atoms with Crippen molar-refractivity contribution >= 4 is 23.2 Å². The number of halogens is 1. The number of nitrogens with zero attached hydrogens (tertiary/aromatic N) is 1. The molecule has 0 aliphatic carbocycles. The van der Waals surface area contributed by atoms with E-state index in [4.69, 9.17) is 0 Å². The summed E-state index contributed by atoms with van der Waals surface area (Å²) in [5.74, 6) is -1.10. The molecule has 0 bridgehead atoms. The van der Waals surface area contributed by atoms with Crippen molar-refractivity contribution in [3.8, 4) is 0 Å². The largest absolute Gasteiger partial charge is 0.325 e. The predicted molar refractivity (Wildman–Crippen MR) is 96.9 cm³/mol. The van der Waals surface area contributed by atoms with Gasteiger partial charge in [0.05, 0.1) is 18.3 Å². The van der Waals surface area contributed by atoms with Crippen molar-refractivity contribution in [2.75, 3.05) is 24.2 Å². The molecule has 6 heteroatoms. The lowest BCUT2D eigenvalue weighted by Crippen LogP contribution is -2.43. The Bertz CT molecular complexity index is 747. The van der Waals surface area contributed by atoms with Crippen LogP contribution in [0.4, 0.5) is 15.8 Å². The molecule has 0 saturated carbocycles. The van der Waals surface area contributed by atoms with Gasteiger partial charge in [0.25, 0.3) is 0 Å². The number of aryl methyl sites for hydroxylation is 1. The molecule has 5 nitrogen and oxygen atoms in total. The molecule has 0 aromatic heterocycles. The molecule has 132 valence electrons. The lowest BCUT2D eigenvalue weighted by Gasteiger charge is -2.23. The minimum absolute atomic E-state index is 0.0414. The van der Waals surface area contributed by atoms with E-state index in [0.717, 1.165) is 5.56 Å². The fraction of sp³-hybridized carbons (Fsp3) is 0.263. The average Bonchev–Trinajstić information content (AvgIpc) is 2.58. The van der Waals surface area contributed by atoms with Gasteiger partial charge in [-0.15, -0.1) is 0 Å². The van der Waals surface area contributed by atoms with E-state index in [0.29, 0.717) is 5.69 Å². The van der Waals surface area contributed by atoms with Gasteiger partial charge in [0, 0.05) is 5.69 Å². The van der Waals surface area contributed by atoms with Crippen molar-refractivity contribution in [2.24, 2.45) is 0 Å². The van der Waals surface area contributed by atoms with Crippen LogP contribution in [0.15, 0.2) is 48.5 Å². The zero-order valence-electron chi connectivity index (χ0n) is 14.5. The topological polar surface area (TPSA) is 61.4 Å². The van der Waals surface area contributed by atoms with Crippen LogP contribution < -0.4 is 10.6 Å². The van der Waals surface area contributed by atoms with Crippen LogP contribution in [0.5, 0.6) is 0 Å². The monoisotopic (exact) mass is 343 g/mol. The van der Waals surface area contributed by atoms with Gasteiger partial charge in [0.15, 0.2) is 0 Å². The normalized spacial score (nSPS) is 11.9. The second-order valence-electron chi connectivity index (χ2n) is 5.97. The molecule has 2 rings (SSSR count). The van der Waals surface area contributed by atoms with E-state index >= 15 is 0 Å². The molecule has 25 heavy (non-hydrogen) atoms. The summed E-state index contributed by atoms with van der Waals surface area (Å²) in [5, 5.41) is 5.31. The number of para-hydroxylation sites is 1. The van der Waals surface area contributed by atoms with Crippen LogP contribution in [-0.2, 0) is 9.59 Å². The molecule has 0 heterocycles. The number of hydrogen-bond donors (Lipinski definition) is 2. The van der Waals surface area contributed by atoms with E-state index in [9.17, 15) is 14.0 Å². The van der Waals surface area contributed by atoms with Crippen LogP contribution >= 0.6 is 0 Å². The first-order valence-corrected chi connectivity index (χ1v) is 7.99. The van der Waals surface area contributed by atoms with E-state index in [1.807, 2.05) is 31.2 Å². The number of carbonyl (C=O) groups is 2. The highest BCUT2D eigenvalue weighted by Crippen LogP contribution is 2.13. The van der Waals surface area contributed by atoms with E-state index in [-0.39, 0.29) is 24.0 Å². The third-order valence-corrected chi connectivity index (χ3v) is 3.90. The summed E-state index contributed by atoms with van der Waals surface area (Å²) < 4.78 is 13.6. The SMILES string of the molecule is Cc1ccc(NC(=O)CN(C)[C@H](C)C(=O)Nc2ccccc2F)cc1. The van der Waals surface area contributed by atoms with Gasteiger partial charge in [-0.05, 0) is 45.2 Å². The second kappa shape index (κ2) is 8.39. The third kappa shape index (κ3) is 5.39. The molecule has 2 aromatic carbocycles. The van der Waals surface area contributed by atoms with Crippen molar-refractivity contribution < 1.29 is 14.0 Å². The maximum atomic E-state index is 13.6. The number of amides is 2. The second-order valence-corrected chi connectivity index (χ2v) is 5.97. The highest BCUT2D eigenvalue weighted by atomic mass is 19.1. The van der Waals surface area contributed by atoms with Gasteiger partial charge in [-0.1, -0.05) is 29.8 Å². The van der Waals surface area contributed by atoms with Gasteiger partial charge in [-0.3, -0.25) is 14.5 Å². The van der Waals surface area contributed by atoms with Crippen LogP contribution in [0, 0.1) is 12.7 Å². The van der Waals surface area contributed by atoms with Gasteiger partial charge < -0.3 is 10.6 Å². The fourth-order valence-electron chi connectivity index (χ4n) is 2.20. The van der Waals surface area contributed by atoms with Crippen LogP contribution in [0.3, 0.4) is 0 Å². The minimum atomic E-state index is -0.594. The first kappa shape index (κ1) is 18.6. The van der Waals surface area contributed by atoms with Crippen LogP contribution in [-0.4, -0.2) is 36.3 Å². The Morgan fingerprint density at radius 1 is 1.08 bits per heavy atom. The summed E-state index contributed by atoms with van der Waals surface area (Å²) >= 11 is 0. The van der Waals surface area contributed by atoms with Crippen molar-refractivity contribution in [3.05, 3.63) is 59.9 Å². The highest BCUT2D eigenvalue weighted by molar-refractivity contribution is 5.96. The van der Waals surface area contributed by atoms with Gasteiger partial charge in [0.1, 0.15) is 5.82 Å². The molecule has 1 atom stereocenters. The lowest BCUT2D eigenvalue weighted by atomic mass is 10.2. The Kier molecular flexibility index (Phi) is 6.25. The van der Waals surface area contributed by atoms with Crippen molar-refractivity contribution in [2.45, 2.75) is 19.9 Å². The summed E-state index contributed by atoms with van der Waals surface area (Å²) in [4.78, 5) is 25.9. The summed E-state index contributed by atoms with van der Waals surface area (Å²) in [6, 6.07) is 12.8. The zero-order chi connectivity index (χ0) is 18.4. The number of nitrogens with one attached hydrogen (secondary N) is 2. The van der Waals surface area contributed by atoms with Gasteiger partial charge in [-0.25, -0.2) is 4.39 Å². The number of anilines is 2. The number of hydrogen-bond acceptors (Lipinski definition) is 3. The van der Waals surface area contributed by atoms with Crippen molar-refractivity contribution in [1.82, 2.24) is 4.90 Å². The van der Waals surface area contributed by atoms with Crippen LogP contribution in [0.1, 0.15) is 12.5 Å². The first-order chi connectivity index (χ1) is 11.9. The van der Waals surface area contributed by atoms with Crippen molar-refractivity contribution in [3.63, 3.8) is 0 Å². The number of rotatable bonds is 6. The standard InChI is InChI=1S/C19H22FN3O2/c1-13-8-10-15(11-9-13)21-18(24)12-23(3)14(2)19(25)22-17-7-5-4-6-16(17)20/h4-11,14H,12H2,1-3H3,(H,21,24)(H,22,25)/t14-/m1/s1. The Labute approximate surface area is 146 Å². The summed E-state index contributed by atoms with van der Waals surface area (Å²) in [7, 11) is 1.67.